The Morgan fingerprint density at radius 2 is 1.06 bits per heavy atom. The van der Waals surface area contributed by atoms with Crippen molar-refractivity contribution in [2.75, 3.05) is 0 Å². The van der Waals surface area contributed by atoms with Gasteiger partial charge in [0.05, 0.1) is 11.0 Å². The molecule has 0 unspecified atom stereocenters. The van der Waals surface area contributed by atoms with E-state index in [1.807, 2.05) is 24.5 Å². The van der Waals surface area contributed by atoms with Crippen LogP contribution in [0.3, 0.4) is 0 Å². The van der Waals surface area contributed by atoms with E-state index in [1.54, 1.807) is 0 Å². The molecule has 2 aromatic heterocycles. The Kier molecular flexibility index (Phi) is 3.50. The van der Waals surface area contributed by atoms with Crippen molar-refractivity contribution >= 4 is 54.1 Å². The minimum atomic E-state index is 0.894. The Labute approximate surface area is 184 Å². The van der Waals surface area contributed by atoms with Crippen LogP contribution in [-0.2, 0) is 0 Å². The van der Waals surface area contributed by atoms with Crippen LogP contribution in [0.1, 0.15) is 11.1 Å². The molecular formula is C30H16N2. The minimum Gasteiger partial charge on any atom is -0.254 e. The standard InChI is InChI=1S/C30H16N2/c1-3-21-10-11-23-9-8-19(25-14-12-22(4-1)27(21)28(23)25)6-7-20-16-18-32-30-26(20)15-13-24-5-2-17-31-29(24)30/h1-5,8-18H. The van der Waals surface area contributed by atoms with Crippen LogP contribution in [-0.4, -0.2) is 9.97 Å². The van der Waals surface area contributed by atoms with Crippen molar-refractivity contribution in [2.45, 2.75) is 0 Å². The minimum absolute atomic E-state index is 0.894. The Hall–Kier alpha value is -4.48. The monoisotopic (exact) mass is 404 g/mol. The van der Waals surface area contributed by atoms with Gasteiger partial charge in [-0.3, -0.25) is 9.97 Å². The largest absolute Gasteiger partial charge is 0.254 e. The first-order valence-electron chi connectivity index (χ1n) is 10.7. The lowest BCUT2D eigenvalue weighted by molar-refractivity contribution is 1.37. The second-order valence-corrected chi connectivity index (χ2v) is 8.11. The van der Waals surface area contributed by atoms with E-state index in [0.29, 0.717) is 0 Å². The fraction of sp³-hybridized carbons (Fsp3) is 0. The topological polar surface area (TPSA) is 25.8 Å². The summed E-state index contributed by atoms with van der Waals surface area (Å²) < 4.78 is 0. The van der Waals surface area contributed by atoms with Gasteiger partial charge in [0.1, 0.15) is 0 Å². The van der Waals surface area contributed by atoms with Crippen molar-refractivity contribution in [1.82, 2.24) is 9.97 Å². The van der Waals surface area contributed by atoms with Crippen molar-refractivity contribution in [3.05, 3.63) is 108 Å². The number of benzene rings is 5. The lowest BCUT2D eigenvalue weighted by Crippen LogP contribution is -1.88. The summed E-state index contributed by atoms with van der Waals surface area (Å²) in [5.41, 5.74) is 3.81. The quantitative estimate of drug-likeness (QED) is 0.199. The first-order valence-corrected chi connectivity index (χ1v) is 10.7. The van der Waals surface area contributed by atoms with Crippen LogP contribution in [0.25, 0.3) is 54.1 Å². The zero-order chi connectivity index (χ0) is 21.1. The maximum absolute atomic E-state index is 4.60. The number of hydrogen-bond donors (Lipinski definition) is 0. The maximum Gasteiger partial charge on any atom is 0.0977 e. The summed E-state index contributed by atoms with van der Waals surface area (Å²) in [6, 6.07) is 29.8. The second kappa shape index (κ2) is 6.51. The van der Waals surface area contributed by atoms with E-state index in [4.69, 9.17) is 0 Å². The van der Waals surface area contributed by atoms with Gasteiger partial charge >= 0.3 is 0 Å². The number of rotatable bonds is 0. The highest BCUT2D eigenvalue weighted by molar-refractivity contribution is 6.23. The highest BCUT2D eigenvalue weighted by Crippen LogP contribution is 2.35. The first-order chi connectivity index (χ1) is 15.9. The molecule has 7 rings (SSSR count). The molecule has 0 aliphatic carbocycles. The molecule has 0 N–H and O–H groups in total. The molecule has 0 amide bonds. The fourth-order valence-corrected chi connectivity index (χ4v) is 4.84. The molecule has 146 valence electrons. The average molecular weight is 404 g/mol. The molecule has 7 aromatic rings. The van der Waals surface area contributed by atoms with Crippen LogP contribution >= 0.6 is 0 Å². The summed E-state index contributed by atoms with van der Waals surface area (Å²) in [5.74, 6) is 6.88. The Morgan fingerprint density at radius 3 is 1.94 bits per heavy atom. The number of hydrogen-bond acceptors (Lipinski definition) is 2. The highest BCUT2D eigenvalue weighted by Gasteiger charge is 2.10. The number of nitrogens with zero attached hydrogens (tertiary/aromatic N) is 2. The van der Waals surface area contributed by atoms with Gasteiger partial charge in [-0.25, -0.2) is 0 Å². The maximum atomic E-state index is 4.60. The van der Waals surface area contributed by atoms with Gasteiger partial charge in [0.25, 0.3) is 0 Å². The SMILES string of the molecule is C(#Cc1ccc2ccc3cccc4ccc1c2c34)c1ccnc2c1ccc1cccnc12. The number of pyridine rings is 2. The van der Waals surface area contributed by atoms with Crippen LogP contribution < -0.4 is 0 Å². The summed E-state index contributed by atoms with van der Waals surface area (Å²) in [5, 5.41) is 9.72. The third-order valence-electron chi connectivity index (χ3n) is 6.34. The van der Waals surface area contributed by atoms with Gasteiger partial charge in [-0.2, -0.15) is 0 Å². The summed E-state index contributed by atoms with van der Waals surface area (Å²) in [7, 11) is 0. The van der Waals surface area contributed by atoms with Crippen molar-refractivity contribution in [3.8, 4) is 11.8 Å². The van der Waals surface area contributed by atoms with Crippen LogP contribution in [0.2, 0.25) is 0 Å². The lowest BCUT2D eigenvalue weighted by atomic mass is 9.92. The predicted molar refractivity (Wildman–Crippen MR) is 133 cm³/mol. The highest BCUT2D eigenvalue weighted by atomic mass is 14.7. The Morgan fingerprint density at radius 1 is 0.438 bits per heavy atom. The van der Waals surface area contributed by atoms with Crippen molar-refractivity contribution in [2.24, 2.45) is 0 Å². The van der Waals surface area contributed by atoms with Gasteiger partial charge in [-0.1, -0.05) is 78.6 Å². The molecule has 2 heteroatoms. The predicted octanol–water partition coefficient (Wildman–Crippen LogP) is 7.08. The molecular weight excluding hydrogens is 388 g/mol. The van der Waals surface area contributed by atoms with Gasteiger partial charge in [0.15, 0.2) is 0 Å². The normalized spacial score (nSPS) is 11.5. The Bertz CT molecular complexity index is 1870. The fourth-order valence-electron chi connectivity index (χ4n) is 4.84. The zero-order valence-electron chi connectivity index (χ0n) is 17.1. The van der Waals surface area contributed by atoms with Crippen LogP contribution in [0.4, 0.5) is 0 Å². The van der Waals surface area contributed by atoms with Gasteiger partial charge < -0.3 is 0 Å². The van der Waals surface area contributed by atoms with E-state index in [0.717, 1.165) is 32.9 Å². The summed E-state index contributed by atoms with van der Waals surface area (Å²) in [6.07, 6.45) is 3.64. The lowest BCUT2D eigenvalue weighted by Gasteiger charge is -2.11. The van der Waals surface area contributed by atoms with E-state index in [-0.39, 0.29) is 0 Å². The average Bonchev–Trinajstić information content (AvgIpc) is 2.86. The smallest absolute Gasteiger partial charge is 0.0977 e. The molecule has 0 saturated heterocycles. The van der Waals surface area contributed by atoms with E-state index in [1.165, 1.54) is 32.3 Å². The molecule has 0 atom stereocenters. The molecule has 5 aromatic carbocycles. The van der Waals surface area contributed by atoms with Crippen molar-refractivity contribution in [1.29, 1.82) is 0 Å². The molecule has 0 bridgehead atoms. The van der Waals surface area contributed by atoms with Gasteiger partial charge in [-0.05, 0) is 50.5 Å². The molecule has 0 radical (unpaired) electrons. The van der Waals surface area contributed by atoms with Crippen LogP contribution in [0.15, 0.2) is 97.3 Å². The van der Waals surface area contributed by atoms with Crippen LogP contribution in [0.5, 0.6) is 0 Å². The molecule has 2 heterocycles. The molecule has 2 nitrogen and oxygen atoms in total. The molecule has 0 fully saturated rings. The third kappa shape index (κ3) is 2.43. The zero-order valence-corrected chi connectivity index (χ0v) is 17.1. The van der Waals surface area contributed by atoms with E-state index < -0.39 is 0 Å². The molecule has 32 heavy (non-hydrogen) atoms. The second-order valence-electron chi connectivity index (χ2n) is 8.11. The van der Waals surface area contributed by atoms with Crippen molar-refractivity contribution in [3.63, 3.8) is 0 Å². The van der Waals surface area contributed by atoms with Crippen LogP contribution in [0, 0.1) is 11.8 Å². The third-order valence-corrected chi connectivity index (χ3v) is 6.34. The molecule has 0 aliphatic rings. The van der Waals surface area contributed by atoms with E-state index in [9.17, 15) is 0 Å². The van der Waals surface area contributed by atoms with E-state index >= 15 is 0 Å². The summed E-state index contributed by atoms with van der Waals surface area (Å²) >= 11 is 0. The molecule has 0 saturated carbocycles. The number of aromatic nitrogens is 2. The van der Waals surface area contributed by atoms with Gasteiger partial charge in [0.2, 0.25) is 0 Å². The summed E-state index contributed by atoms with van der Waals surface area (Å²) in [6.45, 7) is 0. The Balaban J connectivity index is 1.47. The van der Waals surface area contributed by atoms with Gasteiger partial charge in [-0.15, -0.1) is 0 Å². The van der Waals surface area contributed by atoms with Gasteiger partial charge in [0, 0.05) is 34.3 Å². The van der Waals surface area contributed by atoms with Crippen molar-refractivity contribution < 1.29 is 0 Å². The number of fused-ring (bicyclic) bond motifs is 3. The summed E-state index contributed by atoms with van der Waals surface area (Å²) in [4.78, 5) is 9.15. The van der Waals surface area contributed by atoms with E-state index in [2.05, 4.69) is 94.6 Å². The molecule has 0 spiro atoms. The first kappa shape index (κ1) is 17.2. The molecule has 0 aliphatic heterocycles.